The van der Waals surface area contributed by atoms with E-state index in [1.165, 1.54) is 11.3 Å². The van der Waals surface area contributed by atoms with Crippen molar-refractivity contribution in [2.24, 2.45) is 0 Å². The highest BCUT2D eigenvalue weighted by atomic mass is 32.1. The lowest BCUT2D eigenvalue weighted by Crippen LogP contribution is -2.51. The Kier molecular flexibility index (Phi) is 6.40. The molecule has 4 rings (SSSR count). The number of piperazine rings is 1. The number of aryl methyl sites for hydroxylation is 1. The molecule has 1 aromatic carbocycles. The molecule has 1 saturated heterocycles. The van der Waals surface area contributed by atoms with Gasteiger partial charge in [-0.15, -0.1) is 11.3 Å². The summed E-state index contributed by atoms with van der Waals surface area (Å²) in [7, 11) is 0. The summed E-state index contributed by atoms with van der Waals surface area (Å²) in [4.78, 5) is 27.3. The van der Waals surface area contributed by atoms with E-state index in [0.717, 1.165) is 54.8 Å². The fourth-order valence-electron chi connectivity index (χ4n) is 3.73. The van der Waals surface area contributed by atoms with Crippen LogP contribution in [-0.2, 0) is 0 Å². The summed E-state index contributed by atoms with van der Waals surface area (Å²) in [6.07, 6.45) is 1.84. The van der Waals surface area contributed by atoms with Crippen LogP contribution in [0.15, 0.2) is 54.7 Å². The molecule has 0 saturated carbocycles. The topological polar surface area (TPSA) is 61.4 Å². The lowest BCUT2D eigenvalue weighted by molar-refractivity contribution is 0.0931. The Morgan fingerprint density at radius 1 is 1.10 bits per heavy atom. The smallest absolute Gasteiger partial charge is 0.263 e. The van der Waals surface area contributed by atoms with Gasteiger partial charge in [-0.25, -0.2) is 9.97 Å². The van der Waals surface area contributed by atoms with Gasteiger partial charge in [-0.3, -0.25) is 9.69 Å². The molecule has 1 unspecified atom stereocenters. The number of hydrogen-bond acceptors (Lipinski definition) is 6. The van der Waals surface area contributed by atoms with Crippen molar-refractivity contribution in [1.82, 2.24) is 20.2 Å². The molecule has 30 heavy (non-hydrogen) atoms. The van der Waals surface area contributed by atoms with E-state index in [4.69, 9.17) is 0 Å². The fraction of sp³-hybridized carbons (Fsp3) is 0.348. The molecule has 0 aliphatic carbocycles. The van der Waals surface area contributed by atoms with Crippen molar-refractivity contribution in [2.45, 2.75) is 19.9 Å². The van der Waals surface area contributed by atoms with E-state index in [1.807, 2.05) is 55.6 Å². The van der Waals surface area contributed by atoms with Gasteiger partial charge in [-0.1, -0.05) is 36.4 Å². The van der Waals surface area contributed by atoms with E-state index >= 15 is 0 Å². The summed E-state index contributed by atoms with van der Waals surface area (Å²) >= 11 is 1.46. The van der Waals surface area contributed by atoms with Crippen molar-refractivity contribution in [3.8, 4) is 10.6 Å². The van der Waals surface area contributed by atoms with Crippen LogP contribution in [-0.4, -0.2) is 59.5 Å². The Morgan fingerprint density at radius 3 is 2.53 bits per heavy atom. The van der Waals surface area contributed by atoms with Gasteiger partial charge in [0, 0.05) is 50.5 Å². The molecule has 6 nitrogen and oxygen atoms in total. The average Bonchev–Trinajstić information content (AvgIpc) is 3.17. The van der Waals surface area contributed by atoms with Gasteiger partial charge >= 0.3 is 0 Å². The number of carbonyl (C=O) groups excluding carboxylic acids is 1. The van der Waals surface area contributed by atoms with Gasteiger partial charge in [0.05, 0.1) is 5.69 Å². The van der Waals surface area contributed by atoms with Crippen LogP contribution < -0.4 is 10.2 Å². The van der Waals surface area contributed by atoms with Gasteiger partial charge < -0.3 is 10.2 Å². The summed E-state index contributed by atoms with van der Waals surface area (Å²) in [5.41, 5.74) is 1.83. The first-order valence-corrected chi connectivity index (χ1v) is 11.1. The summed E-state index contributed by atoms with van der Waals surface area (Å²) in [6.45, 7) is 8.64. The lowest BCUT2D eigenvalue weighted by atomic mass is 10.2. The fourth-order valence-corrected chi connectivity index (χ4v) is 4.71. The lowest BCUT2D eigenvalue weighted by Gasteiger charge is -2.36. The quantitative estimate of drug-likeness (QED) is 0.661. The van der Waals surface area contributed by atoms with E-state index in [0.29, 0.717) is 4.88 Å². The Morgan fingerprint density at radius 2 is 1.83 bits per heavy atom. The highest BCUT2D eigenvalue weighted by Crippen LogP contribution is 2.27. The maximum absolute atomic E-state index is 12.8. The van der Waals surface area contributed by atoms with Gasteiger partial charge in [0.25, 0.3) is 5.91 Å². The minimum atomic E-state index is -0.0354. The number of aromatic nitrogens is 2. The Labute approximate surface area is 181 Å². The molecule has 1 atom stereocenters. The number of pyridine rings is 1. The Hall–Kier alpha value is -2.77. The van der Waals surface area contributed by atoms with Gasteiger partial charge in [-0.2, -0.15) is 0 Å². The van der Waals surface area contributed by atoms with Crippen molar-refractivity contribution in [3.05, 3.63) is 65.3 Å². The molecule has 0 spiro atoms. The number of amides is 1. The highest BCUT2D eigenvalue weighted by Gasteiger charge is 2.22. The minimum absolute atomic E-state index is 0.0354. The molecule has 1 amide bonds. The molecule has 3 heterocycles. The van der Waals surface area contributed by atoms with Crippen LogP contribution in [0.25, 0.3) is 10.6 Å². The number of hydrogen-bond donors (Lipinski definition) is 1. The predicted octanol–water partition coefficient (Wildman–Crippen LogP) is 3.45. The molecular weight excluding hydrogens is 394 g/mol. The number of rotatable bonds is 6. The van der Waals surface area contributed by atoms with Crippen molar-refractivity contribution in [1.29, 1.82) is 0 Å². The second kappa shape index (κ2) is 9.36. The molecule has 2 aromatic heterocycles. The van der Waals surface area contributed by atoms with Gasteiger partial charge in [0.2, 0.25) is 0 Å². The van der Waals surface area contributed by atoms with E-state index < -0.39 is 0 Å². The zero-order valence-electron chi connectivity index (χ0n) is 17.4. The zero-order chi connectivity index (χ0) is 20.9. The molecule has 7 heteroatoms. The van der Waals surface area contributed by atoms with Crippen LogP contribution in [0.3, 0.4) is 0 Å². The first-order chi connectivity index (χ1) is 14.6. The number of nitrogens with one attached hydrogen (secondary N) is 1. The molecule has 0 radical (unpaired) electrons. The third-order valence-corrected chi connectivity index (χ3v) is 6.48. The largest absolute Gasteiger partial charge is 0.354 e. The van der Waals surface area contributed by atoms with Crippen LogP contribution in [0, 0.1) is 6.92 Å². The third kappa shape index (κ3) is 4.86. The van der Waals surface area contributed by atoms with E-state index in [-0.39, 0.29) is 11.9 Å². The maximum atomic E-state index is 12.8. The number of thiazole rings is 1. The standard InChI is InChI=1S/C23H27N5OS/c1-17(16-27-12-14-28(15-13-27)20-10-6-7-11-24-20)25-22(29)21-18(2)26-23(30-21)19-8-4-3-5-9-19/h3-11,17H,12-16H2,1-2H3,(H,25,29). The maximum Gasteiger partial charge on any atom is 0.263 e. The molecule has 0 bridgehead atoms. The second-order valence-corrected chi connectivity index (χ2v) is 8.65. The van der Waals surface area contributed by atoms with Crippen LogP contribution in [0.5, 0.6) is 0 Å². The van der Waals surface area contributed by atoms with E-state index in [9.17, 15) is 4.79 Å². The Balaban J connectivity index is 1.30. The second-order valence-electron chi connectivity index (χ2n) is 7.65. The molecule has 156 valence electrons. The van der Waals surface area contributed by atoms with Crippen LogP contribution >= 0.6 is 11.3 Å². The van der Waals surface area contributed by atoms with E-state index in [1.54, 1.807) is 0 Å². The highest BCUT2D eigenvalue weighted by molar-refractivity contribution is 7.17. The third-order valence-electron chi connectivity index (χ3n) is 5.28. The number of carbonyl (C=O) groups is 1. The average molecular weight is 422 g/mol. The SMILES string of the molecule is Cc1nc(-c2ccccc2)sc1C(=O)NC(C)CN1CCN(c2ccccn2)CC1. The van der Waals surface area contributed by atoms with Crippen molar-refractivity contribution in [2.75, 3.05) is 37.6 Å². The van der Waals surface area contributed by atoms with Crippen molar-refractivity contribution >= 4 is 23.1 Å². The van der Waals surface area contributed by atoms with Crippen molar-refractivity contribution < 1.29 is 4.79 Å². The number of benzene rings is 1. The monoisotopic (exact) mass is 421 g/mol. The van der Waals surface area contributed by atoms with Crippen molar-refractivity contribution in [3.63, 3.8) is 0 Å². The van der Waals surface area contributed by atoms with E-state index in [2.05, 4.69) is 38.1 Å². The molecule has 3 aromatic rings. The summed E-state index contributed by atoms with van der Waals surface area (Å²) in [5, 5.41) is 4.04. The van der Waals surface area contributed by atoms with Crippen LogP contribution in [0.2, 0.25) is 0 Å². The van der Waals surface area contributed by atoms with Crippen LogP contribution in [0.1, 0.15) is 22.3 Å². The summed E-state index contributed by atoms with van der Waals surface area (Å²) in [6, 6.07) is 16.1. The molecule has 1 N–H and O–H groups in total. The first-order valence-electron chi connectivity index (χ1n) is 10.3. The predicted molar refractivity (Wildman–Crippen MR) is 122 cm³/mol. The summed E-state index contributed by atoms with van der Waals surface area (Å²) in [5.74, 6) is 1.00. The normalized spacial score (nSPS) is 15.7. The first kappa shape index (κ1) is 20.5. The molecular formula is C23H27N5OS. The number of nitrogens with zero attached hydrogens (tertiary/aromatic N) is 4. The minimum Gasteiger partial charge on any atom is -0.354 e. The summed E-state index contributed by atoms with van der Waals surface area (Å²) < 4.78 is 0. The Bertz CT molecular complexity index is 968. The molecule has 1 aliphatic heterocycles. The molecule has 1 aliphatic rings. The molecule has 1 fully saturated rings. The van der Waals surface area contributed by atoms with Gasteiger partial charge in [-0.05, 0) is 26.0 Å². The zero-order valence-corrected chi connectivity index (χ0v) is 18.2. The van der Waals surface area contributed by atoms with Crippen LogP contribution in [0.4, 0.5) is 5.82 Å². The van der Waals surface area contributed by atoms with Gasteiger partial charge in [0.15, 0.2) is 0 Å². The van der Waals surface area contributed by atoms with Gasteiger partial charge in [0.1, 0.15) is 15.7 Å². The number of anilines is 1.